The molecule has 0 saturated carbocycles. The standard InChI is InChI=1S/C13H17BrN2O2/c1-9(10-3-2-4-11(14)5-10)16-13(6-12(17)18)7-15-8-13/h2-5,9,15-16H,6-8H2,1H3,(H,17,18)/t9-/m0/s1. The highest BCUT2D eigenvalue weighted by atomic mass is 79.9. The molecule has 1 atom stereocenters. The van der Waals surface area contributed by atoms with Crippen molar-refractivity contribution in [3.63, 3.8) is 0 Å². The van der Waals surface area contributed by atoms with Gasteiger partial charge in [0.2, 0.25) is 0 Å². The van der Waals surface area contributed by atoms with Crippen molar-refractivity contribution in [2.45, 2.75) is 24.9 Å². The van der Waals surface area contributed by atoms with E-state index in [0.29, 0.717) is 13.1 Å². The average Bonchev–Trinajstić information content (AvgIpc) is 2.25. The fraction of sp³-hybridized carbons (Fsp3) is 0.462. The summed E-state index contributed by atoms with van der Waals surface area (Å²) >= 11 is 3.45. The Labute approximate surface area is 115 Å². The highest BCUT2D eigenvalue weighted by Crippen LogP contribution is 2.24. The maximum absolute atomic E-state index is 10.9. The highest BCUT2D eigenvalue weighted by Gasteiger charge is 2.39. The molecule has 1 aromatic carbocycles. The third-order valence-corrected chi connectivity index (χ3v) is 3.78. The van der Waals surface area contributed by atoms with Crippen LogP contribution in [0.2, 0.25) is 0 Å². The van der Waals surface area contributed by atoms with Crippen molar-refractivity contribution in [2.24, 2.45) is 0 Å². The van der Waals surface area contributed by atoms with Crippen molar-refractivity contribution in [3.05, 3.63) is 34.3 Å². The predicted octanol–water partition coefficient (Wildman–Crippen LogP) is 1.92. The summed E-state index contributed by atoms with van der Waals surface area (Å²) in [5.41, 5.74) is 0.842. The first-order chi connectivity index (χ1) is 8.51. The van der Waals surface area contributed by atoms with E-state index in [-0.39, 0.29) is 18.0 Å². The third kappa shape index (κ3) is 3.10. The molecule has 0 radical (unpaired) electrons. The minimum atomic E-state index is -0.759. The molecule has 1 aliphatic rings. The van der Waals surface area contributed by atoms with Gasteiger partial charge in [0.05, 0.1) is 12.0 Å². The Balaban J connectivity index is 2.06. The molecule has 2 rings (SSSR count). The molecule has 5 heteroatoms. The van der Waals surface area contributed by atoms with Crippen LogP contribution in [-0.2, 0) is 4.79 Å². The molecule has 1 aliphatic heterocycles. The van der Waals surface area contributed by atoms with Gasteiger partial charge < -0.3 is 15.7 Å². The summed E-state index contributed by atoms with van der Waals surface area (Å²) in [6, 6.07) is 8.19. The average molecular weight is 313 g/mol. The number of benzene rings is 1. The quantitative estimate of drug-likeness (QED) is 0.777. The lowest BCUT2D eigenvalue weighted by Gasteiger charge is -2.44. The summed E-state index contributed by atoms with van der Waals surface area (Å²) in [5, 5.41) is 15.5. The summed E-state index contributed by atoms with van der Waals surface area (Å²) < 4.78 is 1.03. The molecule has 0 spiro atoms. The molecule has 1 saturated heterocycles. The van der Waals surface area contributed by atoms with Gasteiger partial charge >= 0.3 is 5.97 Å². The summed E-state index contributed by atoms with van der Waals surface area (Å²) in [6.45, 7) is 3.47. The van der Waals surface area contributed by atoms with Crippen LogP contribution in [0.4, 0.5) is 0 Å². The maximum atomic E-state index is 10.9. The van der Waals surface area contributed by atoms with Gasteiger partial charge in [-0.25, -0.2) is 0 Å². The number of carbonyl (C=O) groups is 1. The smallest absolute Gasteiger partial charge is 0.305 e. The van der Waals surface area contributed by atoms with E-state index in [4.69, 9.17) is 5.11 Å². The molecule has 1 fully saturated rings. The zero-order valence-electron chi connectivity index (χ0n) is 10.2. The van der Waals surface area contributed by atoms with Crippen LogP contribution in [0.1, 0.15) is 24.9 Å². The molecule has 0 unspecified atom stereocenters. The van der Waals surface area contributed by atoms with Crippen molar-refractivity contribution in [3.8, 4) is 0 Å². The van der Waals surface area contributed by atoms with Gasteiger partial charge in [-0.2, -0.15) is 0 Å². The van der Waals surface area contributed by atoms with Gasteiger partial charge in [0.15, 0.2) is 0 Å². The van der Waals surface area contributed by atoms with Gasteiger partial charge in [-0.05, 0) is 24.6 Å². The minimum absolute atomic E-state index is 0.129. The topological polar surface area (TPSA) is 61.4 Å². The monoisotopic (exact) mass is 312 g/mol. The Hall–Kier alpha value is -0.910. The van der Waals surface area contributed by atoms with Gasteiger partial charge in [-0.1, -0.05) is 28.1 Å². The van der Waals surface area contributed by atoms with E-state index in [1.807, 2.05) is 18.2 Å². The van der Waals surface area contributed by atoms with E-state index < -0.39 is 5.97 Å². The third-order valence-electron chi connectivity index (χ3n) is 3.29. The molecule has 0 amide bonds. The van der Waals surface area contributed by atoms with Crippen LogP contribution < -0.4 is 10.6 Å². The first-order valence-corrected chi connectivity index (χ1v) is 6.76. The van der Waals surface area contributed by atoms with Crippen molar-refractivity contribution in [1.29, 1.82) is 0 Å². The zero-order valence-corrected chi connectivity index (χ0v) is 11.8. The van der Waals surface area contributed by atoms with Gasteiger partial charge in [0.1, 0.15) is 0 Å². The Morgan fingerprint density at radius 3 is 2.83 bits per heavy atom. The van der Waals surface area contributed by atoms with Gasteiger partial charge in [-0.3, -0.25) is 4.79 Å². The summed E-state index contributed by atoms with van der Waals surface area (Å²) in [6.07, 6.45) is 0.151. The predicted molar refractivity (Wildman–Crippen MR) is 73.5 cm³/mol. The minimum Gasteiger partial charge on any atom is -0.481 e. The number of nitrogens with one attached hydrogen (secondary N) is 2. The van der Waals surface area contributed by atoms with Gasteiger partial charge in [0, 0.05) is 23.6 Å². The number of hydrogen-bond acceptors (Lipinski definition) is 3. The van der Waals surface area contributed by atoms with Crippen LogP contribution >= 0.6 is 15.9 Å². The largest absolute Gasteiger partial charge is 0.481 e. The molecular formula is C13H17BrN2O2. The number of carboxylic acid groups (broad SMARTS) is 1. The molecule has 18 heavy (non-hydrogen) atoms. The number of rotatable bonds is 5. The maximum Gasteiger partial charge on any atom is 0.305 e. The first kappa shape index (κ1) is 13.5. The lowest BCUT2D eigenvalue weighted by Crippen LogP contribution is -2.68. The van der Waals surface area contributed by atoms with Crippen molar-refractivity contribution in [2.75, 3.05) is 13.1 Å². The van der Waals surface area contributed by atoms with Crippen LogP contribution in [0, 0.1) is 0 Å². The molecule has 0 aliphatic carbocycles. The second kappa shape index (κ2) is 5.38. The number of hydrogen-bond donors (Lipinski definition) is 3. The fourth-order valence-corrected chi connectivity index (χ4v) is 2.73. The Bertz CT molecular complexity index is 446. The molecule has 4 nitrogen and oxygen atoms in total. The van der Waals surface area contributed by atoms with Crippen LogP contribution in [0.3, 0.4) is 0 Å². The fourth-order valence-electron chi connectivity index (χ4n) is 2.31. The Morgan fingerprint density at radius 2 is 2.33 bits per heavy atom. The molecule has 1 aromatic rings. The Morgan fingerprint density at radius 1 is 1.61 bits per heavy atom. The molecule has 1 heterocycles. The van der Waals surface area contributed by atoms with Gasteiger partial charge in [0.25, 0.3) is 0 Å². The molecular weight excluding hydrogens is 296 g/mol. The molecule has 0 bridgehead atoms. The highest BCUT2D eigenvalue weighted by molar-refractivity contribution is 9.10. The van der Waals surface area contributed by atoms with Crippen molar-refractivity contribution >= 4 is 21.9 Å². The van der Waals surface area contributed by atoms with E-state index in [2.05, 4.69) is 39.6 Å². The van der Waals surface area contributed by atoms with Crippen LogP contribution in [0.15, 0.2) is 28.7 Å². The van der Waals surface area contributed by atoms with E-state index in [0.717, 1.165) is 10.0 Å². The number of aliphatic carboxylic acids is 1. The molecule has 3 N–H and O–H groups in total. The van der Waals surface area contributed by atoms with E-state index >= 15 is 0 Å². The SMILES string of the molecule is C[C@H](NC1(CC(=O)O)CNC1)c1cccc(Br)c1. The Kier molecular flexibility index (Phi) is 4.04. The van der Waals surface area contributed by atoms with Crippen LogP contribution in [-0.4, -0.2) is 29.7 Å². The second-order valence-corrected chi connectivity index (χ2v) is 5.79. The summed E-state index contributed by atoms with van der Waals surface area (Å²) in [5.74, 6) is -0.759. The molecule has 0 aromatic heterocycles. The summed E-state index contributed by atoms with van der Waals surface area (Å²) in [4.78, 5) is 10.9. The second-order valence-electron chi connectivity index (χ2n) is 4.88. The van der Waals surface area contributed by atoms with E-state index in [1.165, 1.54) is 0 Å². The number of halogens is 1. The zero-order chi connectivity index (χ0) is 13.2. The first-order valence-electron chi connectivity index (χ1n) is 5.96. The van der Waals surface area contributed by atoms with Crippen molar-refractivity contribution < 1.29 is 9.90 Å². The van der Waals surface area contributed by atoms with Crippen molar-refractivity contribution in [1.82, 2.24) is 10.6 Å². The van der Waals surface area contributed by atoms with E-state index in [9.17, 15) is 4.79 Å². The van der Waals surface area contributed by atoms with Crippen LogP contribution in [0.25, 0.3) is 0 Å². The van der Waals surface area contributed by atoms with Crippen LogP contribution in [0.5, 0.6) is 0 Å². The van der Waals surface area contributed by atoms with Gasteiger partial charge in [-0.15, -0.1) is 0 Å². The lowest BCUT2D eigenvalue weighted by molar-refractivity contribution is -0.139. The van der Waals surface area contributed by atoms with E-state index in [1.54, 1.807) is 0 Å². The number of carboxylic acids is 1. The lowest BCUT2D eigenvalue weighted by atomic mass is 9.87. The normalized spacial score (nSPS) is 19.0. The summed E-state index contributed by atoms with van der Waals surface area (Å²) in [7, 11) is 0. The molecule has 98 valence electrons.